The number of thiazole rings is 1. The van der Waals surface area contributed by atoms with E-state index in [1.807, 2.05) is 12.3 Å². The molecule has 0 atom stereocenters. The van der Waals surface area contributed by atoms with Crippen LogP contribution in [0.5, 0.6) is 0 Å². The van der Waals surface area contributed by atoms with Gasteiger partial charge in [0, 0.05) is 22.7 Å². The van der Waals surface area contributed by atoms with Gasteiger partial charge in [-0.1, -0.05) is 0 Å². The summed E-state index contributed by atoms with van der Waals surface area (Å²) in [5, 5.41) is 10.8. The Hall–Kier alpha value is -2.41. The summed E-state index contributed by atoms with van der Waals surface area (Å²) in [7, 11) is 0. The number of nitrogens with one attached hydrogen (secondary N) is 3. The van der Waals surface area contributed by atoms with Crippen molar-refractivity contribution >= 4 is 34.1 Å². The van der Waals surface area contributed by atoms with E-state index in [0.717, 1.165) is 18.5 Å². The van der Waals surface area contributed by atoms with Crippen molar-refractivity contribution in [2.75, 3.05) is 10.6 Å². The van der Waals surface area contributed by atoms with Crippen molar-refractivity contribution in [1.29, 1.82) is 0 Å². The van der Waals surface area contributed by atoms with Gasteiger partial charge in [-0.3, -0.25) is 10.1 Å². The molecule has 1 heterocycles. The molecule has 3 N–H and O–H groups in total. The lowest BCUT2D eigenvalue weighted by Gasteiger charge is -2.07. The minimum atomic E-state index is -0.219. The van der Waals surface area contributed by atoms with Crippen LogP contribution in [0.4, 0.5) is 15.6 Å². The maximum atomic E-state index is 12.1. The molecule has 1 aliphatic rings. The van der Waals surface area contributed by atoms with Crippen LogP contribution in [0.15, 0.2) is 29.6 Å². The summed E-state index contributed by atoms with van der Waals surface area (Å²) in [6.45, 7) is 1.87. The fourth-order valence-corrected chi connectivity index (χ4v) is 2.55. The summed E-state index contributed by atoms with van der Waals surface area (Å²) < 4.78 is 0. The highest BCUT2D eigenvalue weighted by Crippen LogP contribution is 2.19. The molecule has 1 aliphatic carbocycles. The molecule has 0 bridgehead atoms. The topological polar surface area (TPSA) is 83.1 Å². The molecule has 0 spiro atoms. The van der Waals surface area contributed by atoms with Gasteiger partial charge in [0.15, 0.2) is 5.13 Å². The first-order chi connectivity index (χ1) is 10.6. The first kappa shape index (κ1) is 14.5. The van der Waals surface area contributed by atoms with Crippen LogP contribution in [-0.2, 0) is 0 Å². The van der Waals surface area contributed by atoms with E-state index >= 15 is 0 Å². The molecule has 0 radical (unpaired) electrons. The van der Waals surface area contributed by atoms with Crippen molar-refractivity contribution in [3.63, 3.8) is 0 Å². The number of nitrogens with zero attached hydrogens (tertiary/aromatic N) is 1. The maximum Gasteiger partial charge on any atom is 0.319 e. The highest BCUT2D eigenvalue weighted by molar-refractivity contribution is 7.13. The molecular formula is C15H16N4O2S. The number of carbonyl (C=O) groups is 2. The molecule has 2 aromatic rings. The lowest BCUT2D eigenvalue weighted by molar-refractivity contribution is 0.102. The average Bonchev–Trinajstić information content (AvgIpc) is 3.20. The van der Waals surface area contributed by atoms with Gasteiger partial charge in [0.05, 0.1) is 5.69 Å². The number of anilines is 2. The van der Waals surface area contributed by atoms with E-state index in [1.165, 1.54) is 11.3 Å². The Morgan fingerprint density at radius 2 is 1.91 bits per heavy atom. The van der Waals surface area contributed by atoms with Crippen LogP contribution in [0.25, 0.3) is 0 Å². The largest absolute Gasteiger partial charge is 0.335 e. The van der Waals surface area contributed by atoms with Crippen LogP contribution < -0.4 is 16.0 Å². The monoisotopic (exact) mass is 316 g/mol. The number of aryl methyl sites for hydroxylation is 1. The minimum Gasteiger partial charge on any atom is -0.335 e. The van der Waals surface area contributed by atoms with Gasteiger partial charge in [-0.15, -0.1) is 11.3 Å². The lowest BCUT2D eigenvalue weighted by atomic mass is 10.2. The molecular weight excluding hydrogens is 300 g/mol. The second-order valence-corrected chi connectivity index (χ2v) is 6.06. The maximum absolute atomic E-state index is 12.1. The first-order valence-corrected chi connectivity index (χ1v) is 7.89. The summed E-state index contributed by atoms with van der Waals surface area (Å²) in [6.07, 6.45) is 2.09. The number of hydrogen-bond acceptors (Lipinski definition) is 4. The molecule has 1 fully saturated rings. The number of aromatic nitrogens is 1. The molecule has 114 valence electrons. The first-order valence-electron chi connectivity index (χ1n) is 7.01. The lowest BCUT2D eigenvalue weighted by Crippen LogP contribution is -2.30. The normalized spacial score (nSPS) is 13.5. The summed E-state index contributed by atoms with van der Waals surface area (Å²) in [4.78, 5) is 27.9. The fourth-order valence-electron chi connectivity index (χ4n) is 1.87. The van der Waals surface area contributed by atoms with E-state index < -0.39 is 0 Å². The zero-order valence-electron chi connectivity index (χ0n) is 12.1. The third-order valence-electron chi connectivity index (χ3n) is 3.16. The van der Waals surface area contributed by atoms with Crippen molar-refractivity contribution in [3.8, 4) is 0 Å². The van der Waals surface area contributed by atoms with Gasteiger partial charge in [-0.25, -0.2) is 9.78 Å². The average molecular weight is 316 g/mol. The van der Waals surface area contributed by atoms with Gasteiger partial charge >= 0.3 is 6.03 Å². The van der Waals surface area contributed by atoms with Gasteiger partial charge in [-0.05, 0) is 44.0 Å². The van der Waals surface area contributed by atoms with Crippen LogP contribution in [0, 0.1) is 6.92 Å². The highest BCUT2D eigenvalue weighted by Gasteiger charge is 2.23. The van der Waals surface area contributed by atoms with Gasteiger partial charge in [-0.2, -0.15) is 0 Å². The predicted octanol–water partition coefficient (Wildman–Crippen LogP) is 2.99. The zero-order valence-corrected chi connectivity index (χ0v) is 12.9. The molecule has 1 aromatic carbocycles. The molecule has 6 nitrogen and oxygen atoms in total. The second-order valence-electron chi connectivity index (χ2n) is 5.20. The standard InChI is InChI=1S/C15H16N4O2S/c1-9-8-22-15(16-9)19-13(20)10-2-4-11(5-3-10)17-14(21)18-12-6-7-12/h2-5,8,12H,6-7H2,1H3,(H,16,19,20)(H2,17,18,21). The molecule has 3 amide bonds. The summed E-state index contributed by atoms with van der Waals surface area (Å²) in [5.41, 5.74) is 2.04. The van der Waals surface area contributed by atoms with Crippen LogP contribution >= 0.6 is 11.3 Å². The molecule has 0 saturated heterocycles. The molecule has 1 aromatic heterocycles. The van der Waals surface area contributed by atoms with E-state index in [2.05, 4.69) is 20.9 Å². The van der Waals surface area contributed by atoms with Gasteiger partial charge < -0.3 is 10.6 Å². The zero-order chi connectivity index (χ0) is 15.5. The smallest absolute Gasteiger partial charge is 0.319 e. The predicted molar refractivity (Wildman–Crippen MR) is 86.4 cm³/mol. The summed E-state index contributed by atoms with van der Waals surface area (Å²) in [5.74, 6) is -0.219. The molecule has 7 heteroatoms. The molecule has 3 rings (SSSR count). The van der Waals surface area contributed by atoms with E-state index in [1.54, 1.807) is 24.3 Å². The van der Waals surface area contributed by atoms with Crippen LogP contribution in [-0.4, -0.2) is 23.0 Å². The Morgan fingerprint density at radius 3 is 2.50 bits per heavy atom. The number of carbonyl (C=O) groups excluding carboxylic acids is 2. The van der Waals surface area contributed by atoms with Crippen LogP contribution in [0.2, 0.25) is 0 Å². The number of rotatable bonds is 4. The quantitative estimate of drug-likeness (QED) is 0.811. The van der Waals surface area contributed by atoms with E-state index in [4.69, 9.17) is 0 Å². The highest BCUT2D eigenvalue weighted by atomic mass is 32.1. The molecule has 0 aliphatic heterocycles. The minimum absolute atomic E-state index is 0.210. The van der Waals surface area contributed by atoms with Crippen molar-refractivity contribution in [2.24, 2.45) is 0 Å². The Morgan fingerprint density at radius 1 is 1.18 bits per heavy atom. The molecule has 1 saturated carbocycles. The van der Waals surface area contributed by atoms with Gasteiger partial charge in [0.25, 0.3) is 5.91 Å². The number of urea groups is 1. The van der Waals surface area contributed by atoms with Crippen molar-refractivity contribution in [3.05, 3.63) is 40.9 Å². The molecule has 22 heavy (non-hydrogen) atoms. The Bertz CT molecular complexity index is 692. The third kappa shape index (κ3) is 3.82. The number of benzene rings is 1. The van der Waals surface area contributed by atoms with E-state index in [0.29, 0.717) is 22.4 Å². The van der Waals surface area contributed by atoms with Crippen LogP contribution in [0.3, 0.4) is 0 Å². The van der Waals surface area contributed by atoms with Crippen molar-refractivity contribution in [2.45, 2.75) is 25.8 Å². The molecule has 0 unspecified atom stereocenters. The Balaban J connectivity index is 1.58. The van der Waals surface area contributed by atoms with Crippen molar-refractivity contribution < 1.29 is 9.59 Å². The number of amides is 3. The van der Waals surface area contributed by atoms with Gasteiger partial charge in [0.2, 0.25) is 0 Å². The van der Waals surface area contributed by atoms with Gasteiger partial charge in [0.1, 0.15) is 0 Å². The van der Waals surface area contributed by atoms with Crippen LogP contribution in [0.1, 0.15) is 28.9 Å². The Kier molecular flexibility index (Phi) is 4.06. The SMILES string of the molecule is Cc1csc(NC(=O)c2ccc(NC(=O)NC3CC3)cc2)n1. The van der Waals surface area contributed by atoms with E-state index in [-0.39, 0.29) is 11.9 Å². The Labute approximate surface area is 132 Å². The summed E-state index contributed by atoms with van der Waals surface area (Å²) >= 11 is 1.39. The second kappa shape index (κ2) is 6.15. The van der Waals surface area contributed by atoms with Crippen molar-refractivity contribution in [1.82, 2.24) is 10.3 Å². The third-order valence-corrected chi connectivity index (χ3v) is 4.03. The summed E-state index contributed by atoms with van der Waals surface area (Å²) in [6, 6.07) is 6.85. The number of hydrogen-bond donors (Lipinski definition) is 3. The fraction of sp³-hybridized carbons (Fsp3) is 0.267. The van der Waals surface area contributed by atoms with E-state index in [9.17, 15) is 9.59 Å².